The Bertz CT molecular complexity index is 830. The van der Waals surface area contributed by atoms with Crippen LogP contribution in [-0.2, 0) is 5.75 Å². The monoisotopic (exact) mass is 313 g/mol. The number of aryl methyl sites for hydroxylation is 1. The van der Waals surface area contributed by atoms with E-state index < -0.39 is 0 Å². The van der Waals surface area contributed by atoms with Crippen molar-refractivity contribution in [2.75, 3.05) is 11.6 Å². The molecule has 0 fully saturated rings. The summed E-state index contributed by atoms with van der Waals surface area (Å²) in [5.74, 6) is 1.16. The molecule has 3 aromatic rings. The minimum atomic E-state index is -0.250. The van der Waals surface area contributed by atoms with Gasteiger partial charge in [-0.3, -0.25) is 4.79 Å². The third kappa shape index (κ3) is 2.80. The first-order chi connectivity index (χ1) is 10.7. The fourth-order valence-electron chi connectivity index (χ4n) is 2.24. The molecular formula is C15H15N5OS. The van der Waals surface area contributed by atoms with E-state index in [1.165, 1.54) is 0 Å². The summed E-state index contributed by atoms with van der Waals surface area (Å²) in [5, 5.41) is 7.12. The van der Waals surface area contributed by atoms with Gasteiger partial charge in [0.2, 0.25) is 0 Å². The van der Waals surface area contributed by atoms with E-state index in [1.807, 2.05) is 18.4 Å². The molecule has 0 saturated heterocycles. The molecule has 7 heteroatoms. The van der Waals surface area contributed by atoms with Crippen molar-refractivity contribution in [2.24, 2.45) is 0 Å². The molecule has 0 radical (unpaired) electrons. The Labute approximate surface area is 132 Å². The average molecular weight is 313 g/mol. The number of thioether (sulfide) groups is 1. The minimum Gasteiger partial charge on any atom is -0.306 e. The zero-order valence-corrected chi connectivity index (χ0v) is 13.1. The Balaban J connectivity index is 1.90. The van der Waals surface area contributed by atoms with Gasteiger partial charge in [-0.2, -0.15) is 16.9 Å². The lowest BCUT2D eigenvalue weighted by molar-refractivity contribution is 0.102. The molecule has 0 aromatic carbocycles. The Morgan fingerprint density at radius 1 is 1.36 bits per heavy atom. The molecule has 6 nitrogen and oxygen atoms in total. The van der Waals surface area contributed by atoms with Gasteiger partial charge in [-0.05, 0) is 36.9 Å². The van der Waals surface area contributed by atoms with E-state index >= 15 is 0 Å². The molecule has 0 saturated carbocycles. The van der Waals surface area contributed by atoms with Crippen molar-refractivity contribution in [3.8, 4) is 0 Å². The average Bonchev–Trinajstić information content (AvgIpc) is 2.83. The van der Waals surface area contributed by atoms with Gasteiger partial charge in [-0.1, -0.05) is 0 Å². The molecule has 0 aliphatic heterocycles. The van der Waals surface area contributed by atoms with Crippen LogP contribution in [0.3, 0.4) is 0 Å². The van der Waals surface area contributed by atoms with E-state index in [9.17, 15) is 4.79 Å². The molecule has 3 aromatic heterocycles. The van der Waals surface area contributed by atoms with Gasteiger partial charge < -0.3 is 5.32 Å². The molecule has 22 heavy (non-hydrogen) atoms. The highest BCUT2D eigenvalue weighted by Crippen LogP contribution is 2.16. The van der Waals surface area contributed by atoms with E-state index in [4.69, 9.17) is 0 Å². The van der Waals surface area contributed by atoms with Crippen LogP contribution in [0, 0.1) is 6.92 Å². The van der Waals surface area contributed by atoms with E-state index in [2.05, 4.69) is 20.4 Å². The summed E-state index contributed by atoms with van der Waals surface area (Å²) >= 11 is 1.72. The van der Waals surface area contributed by atoms with Crippen LogP contribution in [-0.4, -0.2) is 31.7 Å². The standard InChI is InChI=1S/C15H15N5OS/c1-10-13(14-17-5-3-7-20(14)19-10)15(21)18-12-8-11(9-22-2)4-6-16-12/h3-8H,9H2,1-2H3,(H,16,18,21). The zero-order chi connectivity index (χ0) is 15.5. The van der Waals surface area contributed by atoms with Crippen molar-refractivity contribution in [1.82, 2.24) is 19.6 Å². The number of anilines is 1. The normalized spacial score (nSPS) is 10.8. The molecular weight excluding hydrogens is 298 g/mol. The third-order valence-corrected chi connectivity index (χ3v) is 3.80. The van der Waals surface area contributed by atoms with Crippen LogP contribution in [0.5, 0.6) is 0 Å². The van der Waals surface area contributed by atoms with Crippen molar-refractivity contribution in [3.63, 3.8) is 0 Å². The Morgan fingerprint density at radius 2 is 2.23 bits per heavy atom. The first kappa shape index (κ1) is 14.5. The number of rotatable bonds is 4. The van der Waals surface area contributed by atoms with Crippen molar-refractivity contribution < 1.29 is 4.79 Å². The second kappa shape index (κ2) is 6.15. The molecule has 0 aliphatic rings. The Hall–Kier alpha value is -2.41. The molecule has 0 unspecified atom stereocenters. The van der Waals surface area contributed by atoms with Gasteiger partial charge >= 0.3 is 0 Å². The summed E-state index contributed by atoms with van der Waals surface area (Å²) < 4.78 is 1.60. The fraction of sp³-hybridized carbons (Fsp3) is 0.200. The number of nitrogens with zero attached hydrogens (tertiary/aromatic N) is 4. The van der Waals surface area contributed by atoms with Crippen molar-refractivity contribution >= 4 is 29.1 Å². The summed E-state index contributed by atoms with van der Waals surface area (Å²) in [6, 6.07) is 5.59. The molecule has 0 bridgehead atoms. The lowest BCUT2D eigenvalue weighted by Crippen LogP contribution is -2.14. The number of hydrogen-bond donors (Lipinski definition) is 1. The highest BCUT2D eigenvalue weighted by atomic mass is 32.2. The predicted octanol–water partition coefficient (Wildman–Crippen LogP) is 2.55. The van der Waals surface area contributed by atoms with Gasteiger partial charge in [-0.15, -0.1) is 0 Å². The highest BCUT2D eigenvalue weighted by Gasteiger charge is 2.18. The number of carbonyl (C=O) groups excluding carboxylic acids is 1. The maximum atomic E-state index is 12.5. The van der Waals surface area contributed by atoms with E-state index in [0.717, 1.165) is 11.3 Å². The molecule has 0 spiro atoms. The van der Waals surface area contributed by atoms with Crippen LogP contribution in [0.4, 0.5) is 5.82 Å². The predicted molar refractivity (Wildman–Crippen MR) is 87.1 cm³/mol. The van der Waals surface area contributed by atoms with Gasteiger partial charge in [0, 0.05) is 24.3 Å². The summed E-state index contributed by atoms with van der Waals surface area (Å²) in [6.45, 7) is 1.79. The first-order valence-corrected chi connectivity index (χ1v) is 8.13. The zero-order valence-electron chi connectivity index (χ0n) is 12.3. The quantitative estimate of drug-likeness (QED) is 0.801. The maximum absolute atomic E-state index is 12.5. The summed E-state index contributed by atoms with van der Waals surface area (Å²) in [6.07, 6.45) is 7.14. The van der Waals surface area contributed by atoms with Gasteiger partial charge in [0.05, 0.1) is 5.69 Å². The molecule has 0 atom stereocenters. The van der Waals surface area contributed by atoms with Crippen LogP contribution < -0.4 is 5.32 Å². The van der Waals surface area contributed by atoms with Gasteiger partial charge in [0.25, 0.3) is 5.91 Å². The summed E-state index contributed by atoms with van der Waals surface area (Å²) in [7, 11) is 0. The number of aromatic nitrogens is 4. The van der Waals surface area contributed by atoms with Crippen LogP contribution in [0.25, 0.3) is 5.65 Å². The molecule has 3 rings (SSSR count). The van der Waals surface area contributed by atoms with Crippen LogP contribution >= 0.6 is 11.8 Å². The van der Waals surface area contributed by atoms with E-state index in [1.54, 1.807) is 47.9 Å². The smallest absolute Gasteiger partial charge is 0.262 e. The van der Waals surface area contributed by atoms with Crippen LogP contribution in [0.2, 0.25) is 0 Å². The molecule has 0 aliphatic carbocycles. The lowest BCUT2D eigenvalue weighted by Gasteiger charge is -2.05. The third-order valence-electron chi connectivity index (χ3n) is 3.17. The van der Waals surface area contributed by atoms with Gasteiger partial charge in [0.1, 0.15) is 11.4 Å². The summed E-state index contributed by atoms with van der Waals surface area (Å²) in [5.41, 5.74) is 2.76. The topological polar surface area (TPSA) is 72.2 Å². The number of fused-ring (bicyclic) bond motifs is 1. The molecule has 3 heterocycles. The second-order valence-corrected chi connectivity index (χ2v) is 5.65. The number of pyridine rings is 1. The van der Waals surface area contributed by atoms with Crippen molar-refractivity contribution in [3.05, 3.63) is 53.6 Å². The van der Waals surface area contributed by atoms with Crippen LogP contribution in [0.1, 0.15) is 21.6 Å². The van der Waals surface area contributed by atoms with Crippen molar-refractivity contribution in [1.29, 1.82) is 0 Å². The summed E-state index contributed by atoms with van der Waals surface area (Å²) in [4.78, 5) is 20.9. The van der Waals surface area contributed by atoms with Crippen LogP contribution in [0.15, 0.2) is 36.8 Å². The van der Waals surface area contributed by atoms with Gasteiger partial charge in [-0.25, -0.2) is 14.5 Å². The van der Waals surface area contributed by atoms with Gasteiger partial charge in [0.15, 0.2) is 5.65 Å². The van der Waals surface area contributed by atoms with E-state index in [-0.39, 0.29) is 5.91 Å². The largest absolute Gasteiger partial charge is 0.306 e. The van der Waals surface area contributed by atoms with E-state index in [0.29, 0.717) is 22.7 Å². The molecule has 1 amide bonds. The highest BCUT2D eigenvalue weighted by molar-refractivity contribution is 7.97. The maximum Gasteiger partial charge on any atom is 0.262 e. The van der Waals surface area contributed by atoms with Crippen molar-refractivity contribution in [2.45, 2.75) is 12.7 Å². The number of nitrogens with one attached hydrogen (secondary N) is 1. The minimum absolute atomic E-state index is 0.250. The lowest BCUT2D eigenvalue weighted by atomic mass is 10.2. The Morgan fingerprint density at radius 3 is 3.05 bits per heavy atom. The Kier molecular flexibility index (Phi) is 4.06. The fourth-order valence-corrected chi connectivity index (χ4v) is 2.75. The molecule has 1 N–H and O–H groups in total. The number of carbonyl (C=O) groups is 1. The second-order valence-electron chi connectivity index (χ2n) is 4.78. The molecule has 112 valence electrons. The number of amides is 1. The SMILES string of the molecule is CSCc1ccnc(NC(=O)c2c(C)nn3cccnc23)c1. The number of hydrogen-bond acceptors (Lipinski definition) is 5. The first-order valence-electron chi connectivity index (χ1n) is 6.74.